The molecule has 0 atom stereocenters. The molecule has 0 unspecified atom stereocenters. The second kappa shape index (κ2) is 5.12. The van der Waals surface area contributed by atoms with Gasteiger partial charge in [0.15, 0.2) is 6.10 Å². The van der Waals surface area contributed by atoms with Gasteiger partial charge in [0, 0.05) is 11.1 Å². The second-order valence-electron chi connectivity index (χ2n) is 5.55. The van der Waals surface area contributed by atoms with E-state index in [0.717, 1.165) is 17.5 Å². The smallest absolute Gasteiger partial charge is 0.309 e. The van der Waals surface area contributed by atoms with Crippen LogP contribution in [0.3, 0.4) is 0 Å². The SMILES string of the molecule is CC(C)C(=O)OC1c2ccccc2Cc2ccccc21. The van der Waals surface area contributed by atoms with E-state index in [2.05, 4.69) is 24.3 Å². The molecule has 0 radical (unpaired) electrons. The molecule has 3 rings (SSSR count). The van der Waals surface area contributed by atoms with Crippen LogP contribution in [0.15, 0.2) is 48.5 Å². The van der Waals surface area contributed by atoms with Gasteiger partial charge in [-0.25, -0.2) is 0 Å². The van der Waals surface area contributed by atoms with E-state index in [1.807, 2.05) is 38.1 Å². The van der Waals surface area contributed by atoms with Crippen LogP contribution in [-0.2, 0) is 16.0 Å². The first-order valence-corrected chi connectivity index (χ1v) is 7.03. The molecule has 1 aliphatic carbocycles. The van der Waals surface area contributed by atoms with Crippen molar-refractivity contribution in [3.8, 4) is 0 Å². The van der Waals surface area contributed by atoms with Gasteiger partial charge in [0.2, 0.25) is 0 Å². The lowest BCUT2D eigenvalue weighted by molar-refractivity contribution is -0.151. The van der Waals surface area contributed by atoms with Gasteiger partial charge in [-0.15, -0.1) is 0 Å². The van der Waals surface area contributed by atoms with Crippen LogP contribution in [-0.4, -0.2) is 5.97 Å². The summed E-state index contributed by atoms with van der Waals surface area (Å²) in [5, 5.41) is 0. The fourth-order valence-electron chi connectivity index (χ4n) is 2.65. The maximum Gasteiger partial charge on any atom is 0.309 e. The summed E-state index contributed by atoms with van der Waals surface area (Å²) in [6, 6.07) is 16.4. The average Bonchev–Trinajstić information content (AvgIpc) is 2.46. The lowest BCUT2D eigenvalue weighted by Crippen LogP contribution is -2.21. The molecule has 2 aromatic rings. The monoisotopic (exact) mass is 266 g/mol. The number of benzene rings is 2. The van der Waals surface area contributed by atoms with E-state index < -0.39 is 0 Å². The fourth-order valence-corrected chi connectivity index (χ4v) is 2.65. The molecule has 0 aliphatic heterocycles. The van der Waals surface area contributed by atoms with Gasteiger partial charge < -0.3 is 4.74 Å². The maximum absolute atomic E-state index is 12.0. The Kier molecular flexibility index (Phi) is 3.31. The Labute approximate surface area is 119 Å². The summed E-state index contributed by atoms with van der Waals surface area (Å²) in [5.74, 6) is -0.266. The van der Waals surface area contributed by atoms with Crippen LogP contribution < -0.4 is 0 Å². The van der Waals surface area contributed by atoms with Crippen molar-refractivity contribution < 1.29 is 9.53 Å². The van der Waals surface area contributed by atoms with Gasteiger partial charge in [0.05, 0.1) is 5.92 Å². The Morgan fingerprint density at radius 3 is 2.00 bits per heavy atom. The highest BCUT2D eigenvalue weighted by Gasteiger charge is 2.28. The molecule has 20 heavy (non-hydrogen) atoms. The Balaban J connectivity index is 2.05. The van der Waals surface area contributed by atoms with Crippen molar-refractivity contribution >= 4 is 5.97 Å². The summed E-state index contributed by atoms with van der Waals surface area (Å²) < 4.78 is 5.77. The maximum atomic E-state index is 12.0. The van der Waals surface area contributed by atoms with Crippen LogP contribution >= 0.6 is 0 Å². The molecular weight excluding hydrogens is 248 g/mol. The quantitative estimate of drug-likeness (QED) is 0.771. The molecule has 0 spiro atoms. The molecule has 0 N–H and O–H groups in total. The van der Waals surface area contributed by atoms with Crippen LogP contribution in [0.4, 0.5) is 0 Å². The molecule has 0 bridgehead atoms. The summed E-state index contributed by atoms with van der Waals surface area (Å²) >= 11 is 0. The molecule has 2 nitrogen and oxygen atoms in total. The van der Waals surface area contributed by atoms with Crippen LogP contribution in [0, 0.1) is 5.92 Å². The van der Waals surface area contributed by atoms with E-state index in [-0.39, 0.29) is 18.0 Å². The molecule has 0 aromatic heterocycles. The number of esters is 1. The number of ether oxygens (including phenoxy) is 1. The lowest BCUT2D eigenvalue weighted by atomic mass is 9.84. The molecule has 0 fully saturated rings. The van der Waals surface area contributed by atoms with E-state index in [1.54, 1.807) is 0 Å². The Bertz CT molecular complexity index is 598. The third-order valence-corrected chi connectivity index (χ3v) is 3.76. The number of hydrogen-bond acceptors (Lipinski definition) is 2. The zero-order valence-corrected chi connectivity index (χ0v) is 11.8. The molecule has 2 heteroatoms. The lowest BCUT2D eigenvalue weighted by Gasteiger charge is -2.28. The van der Waals surface area contributed by atoms with Crippen molar-refractivity contribution in [3.05, 3.63) is 70.8 Å². The van der Waals surface area contributed by atoms with Crippen molar-refractivity contribution in [2.75, 3.05) is 0 Å². The first kappa shape index (κ1) is 12.9. The summed E-state index contributed by atoms with van der Waals surface area (Å²) in [5.41, 5.74) is 4.71. The van der Waals surface area contributed by atoms with Crippen molar-refractivity contribution in [2.45, 2.75) is 26.4 Å². The summed E-state index contributed by atoms with van der Waals surface area (Å²) in [6.45, 7) is 3.73. The summed E-state index contributed by atoms with van der Waals surface area (Å²) in [4.78, 5) is 12.0. The number of carbonyl (C=O) groups excluding carboxylic acids is 1. The number of hydrogen-bond donors (Lipinski definition) is 0. The Morgan fingerprint density at radius 1 is 1.00 bits per heavy atom. The minimum absolute atomic E-state index is 0.115. The zero-order valence-electron chi connectivity index (χ0n) is 11.8. The third-order valence-electron chi connectivity index (χ3n) is 3.76. The summed E-state index contributed by atoms with van der Waals surface area (Å²) in [6.07, 6.45) is 0.633. The second-order valence-corrected chi connectivity index (χ2v) is 5.55. The molecule has 0 saturated carbocycles. The first-order valence-electron chi connectivity index (χ1n) is 7.03. The predicted octanol–water partition coefficient (Wildman–Crippen LogP) is 3.88. The van der Waals surface area contributed by atoms with Gasteiger partial charge in [0.1, 0.15) is 0 Å². The van der Waals surface area contributed by atoms with E-state index in [9.17, 15) is 4.79 Å². The highest BCUT2D eigenvalue weighted by molar-refractivity contribution is 5.72. The number of carbonyl (C=O) groups is 1. The number of fused-ring (bicyclic) bond motifs is 2. The molecule has 1 aliphatic rings. The molecule has 0 heterocycles. The van der Waals surface area contributed by atoms with Gasteiger partial charge in [-0.1, -0.05) is 62.4 Å². The normalized spacial score (nSPS) is 13.8. The zero-order chi connectivity index (χ0) is 14.1. The number of rotatable bonds is 2. The standard InChI is InChI=1S/C18H18O2/c1-12(2)18(19)20-17-15-9-5-3-7-13(15)11-14-8-4-6-10-16(14)17/h3-10,12,17H,11H2,1-2H3. The van der Waals surface area contributed by atoms with Gasteiger partial charge in [-0.2, -0.15) is 0 Å². The van der Waals surface area contributed by atoms with Gasteiger partial charge in [-0.05, 0) is 17.5 Å². The highest BCUT2D eigenvalue weighted by atomic mass is 16.5. The van der Waals surface area contributed by atoms with E-state index in [4.69, 9.17) is 4.74 Å². The Morgan fingerprint density at radius 2 is 1.50 bits per heavy atom. The largest absolute Gasteiger partial charge is 0.452 e. The van der Waals surface area contributed by atoms with E-state index >= 15 is 0 Å². The molecule has 2 aromatic carbocycles. The van der Waals surface area contributed by atoms with Crippen molar-refractivity contribution in [1.82, 2.24) is 0 Å². The predicted molar refractivity (Wildman–Crippen MR) is 78.5 cm³/mol. The minimum Gasteiger partial charge on any atom is -0.452 e. The van der Waals surface area contributed by atoms with Crippen LogP contribution in [0.25, 0.3) is 0 Å². The first-order chi connectivity index (χ1) is 9.66. The minimum atomic E-state index is -0.272. The topological polar surface area (TPSA) is 26.3 Å². The van der Waals surface area contributed by atoms with Crippen LogP contribution in [0.2, 0.25) is 0 Å². The molecule has 102 valence electrons. The highest BCUT2D eigenvalue weighted by Crippen LogP contribution is 2.37. The van der Waals surface area contributed by atoms with Crippen molar-refractivity contribution in [3.63, 3.8) is 0 Å². The van der Waals surface area contributed by atoms with Crippen molar-refractivity contribution in [2.24, 2.45) is 5.92 Å². The van der Waals surface area contributed by atoms with E-state index in [1.165, 1.54) is 11.1 Å². The van der Waals surface area contributed by atoms with Gasteiger partial charge in [0.25, 0.3) is 0 Å². The van der Waals surface area contributed by atoms with Gasteiger partial charge in [-0.3, -0.25) is 4.79 Å². The fraction of sp³-hybridized carbons (Fsp3) is 0.278. The average molecular weight is 266 g/mol. The van der Waals surface area contributed by atoms with E-state index in [0.29, 0.717) is 0 Å². The summed E-state index contributed by atoms with van der Waals surface area (Å²) in [7, 11) is 0. The van der Waals surface area contributed by atoms with Crippen LogP contribution in [0.5, 0.6) is 0 Å². The van der Waals surface area contributed by atoms with Crippen molar-refractivity contribution in [1.29, 1.82) is 0 Å². The molecule has 0 saturated heterocycles. The Hall–Kier alpha value is -2.09. The van der Waals surface area contributed by atoms with Crippen LogP contribution in [0.1, 0.15) is 42.2 Å². The molecular formula is C18H18O2. The molecule has 0 amide bonds. The third kappa shape index (κ3) is 2.22. The van der Waals surface area contributed by atoms with Gasteiger partial charge >= 0.3 is 5.97 Å².